The maximum Gasteiger partial charge on any atom is 0.338 e. The molecule has 29 heavy (non-hydrogen) atoms. The van der Waals surface area contributed by atoms with E-state index in [1.165, 1.54) is 38.3 Å². The average molecular weight is 407 g/mol. The van der Waals surface area contributed by atoms with Gasteiger partial charge < -0.3 is 15.3 Å². The molecule has 0 amide bonds. The summed E-state index contributed by atoms with van der Waals surface area (Å²) in [5.41, 5.74) is 5.72. The number of esters is 1. The van der Waals surface area contributed by atoms with Gasteiger partial charge in [-0.3, -0.25) is 9.89 Å². The van der Waals surface area contributed by atoms with Crippen LogP contribution in [0.5, 0.6) is 0 Å². The Morgan fingerprint density at radius 3 is 2.66 bits per heavy atom. The van der Waals surface area contributed by atoms with Crippen LogP contribution in [0.4, 0.5) is 0 Å². The number of H-pyrrole nitrogens is 1. The molecule has 1 aromatic rings. The molecule has 1 heterocycles. The molecule has 0 aliphatic heterocycles. The van der Waals surface area contributed by atoms with Crippen LogP contribution in [0.25, 0.3) is 0 Å². The number of ether oxygens (including phenoxy) is 1. The van der Waals surface area contributed by atoms with E-state index in [0.29, 0.717) is 12.0 Å². The first kappa shape index (κ1) is 22.9. The van der Waals surface area contributed by atoms with Gasteiger partial charge >= 0.3 is 11.9 Å². The molecule has 1 aromatic heterocycles. The number of rotatable bonds is 9. The summed E-state index contributed by atoms with van der Waals surface area (Å²) in [5.74, 6) is -0.814. The van der Waals surface area contributed by atoms with Crippen LogP contribution >= 0.6 is 0 Å². The Bertz CT molecular complexity index is 673. The van der Waals surface area contributed by atoms with Crippen LogP contribution in [0.1, 0.15) is 84.1 Å². The van der Waals surface area contributed by atoms with Crippen LogP contribution in [-0.2, 0) is 19.2 Å². The van der Waals surface area contributed by atoms with Crippen molar-refractivity contribution in [3.63, 3.8) is 0 Å². The molecule has 1 saturated carbocycles. The molecule has 162 valence electrons. The number of hydrogen-bond acceptors (Lipinski definition) is 6. The third kappa shape index (κ3) is 8.66. The largest absolute Gasteiger partial charge is 0.460 e. The highest BCUT2D eigenvalue weighted by Gasteiger charge is 2.27. The highest BCUT2D eigenvalue weighted by atomic mass is 16.7. The predicted octanol–water partition coefficient (Wildman–Crippen LogP) is 3.67. The Labute approximate surface area is 172 Å². The minimum atomic E-state index is -0.602. The smallest absolute Gasteiger partial charge is 0.338 e. The first-order valence-electron chi connectivity index (χ1n) is 10.5. The van der Waals surface area contributed by atoms with Gasteiger partial charge in [0.1, 0.15) is 5.60 Å². The molecule has 2 rings (SSSR count). The van der Waals surface area contributed by atoms with Crippen molar-refractivity contribution in [2.24, 2.45) is 22.7 Å². The Balaban J connectivity index is 1.93. The summed E-state index contributed by atoms with van der Waals surface area (Å²) in [5, 5.41) is 10.1. The first-order valence-corrected chi connectivity index (χ1v) is 10.5. The molecule has 3 N–H and O–H groups in total. The van der Waals surface area contributed by atoms with Crippen LogP contribution in [0.15, 0.2) is 17.5 Å². The number of aromatic nitrogens is 2. The van der Waals surface area contributed by atoms with Crippen molar-refractivity contribution in [1.29, 1.82) is 0 Å². The molecule has 0 unspecified atom stereocenters. The van der Waals surface area contributed by atoms with Crippen molar-refractivity contribution in [2.75, 3.05) is 0 Å². The monoisotopic (exact) mass is 406 g/mol. The first-order chi connectivity index (χ1) is 13.7. The number of nitrogens with two attached hydrogens (primary N) is 1. The van der Waals surface area contributed by atoms with Gasteiger partial charge in [0.25, 0.3) is 0 Å². The fraction of sp³-hybridized carbons (Fsp3) is 0.714. The Morgan fingerprint density at radius 2 is 2.03 bits per heavy atom. The number of nitrogens with zero attached hydrogens (tertiary/aromatic N) is 2. The minimum Gasteiger partial charge on any atom is -0.460 e. The van der Waals surface area contributed by atoms with Crippen LogP contribution in [0.2, 0.25) is 0 Å². The molecule has 8 heteroatoms. The van der Waals surface area contributed by atoms with E-state index in [1.807, 2.05) is 0 Å². The van der Waals surface area contributed by atoms with Gasteiger partial charge in [0, 0.05) is 6.20 Å². The van der Waals surface area contributed by atoms with E-state index >= 15 is 0 Å². The van der Waals surface area contributed by atoms with E-state index in [2.05, 4.69) is 15.4 Å². The SMILES string of the molecule is CC(C)(C)OC(=O)C[C@@H](CCCC1CCCCC1)C(=O)O/N=C(\N)c1cn[nH]c1. The number of carbonyl (C=O) groups excluding carboxylic acids is 2. The third-order valence-electron chi connectivity index (χ3n) is 5.08. The summed E-state index contributed by atoms with van der Waals surface area (Å²) in [6.45, 7) is 5.41. The molecule has 0 bridgehead atoms. The van der Waals surface area contributed by atoms with Crippen molar-refractivity contribution >= 4 is 17.8 Å². The Hall–Kier alpha value is -2.38. The van der Waals surface area contributed by atoms with Crippen molar-refractivity contribution in [3.8, 4) is 0 Å². The second-order valence-corrected chi connectivity index (χ2v) is 8.80. The van der Waals surface area contributed by atoms with Crippen LogP contribution < -0.4 is 5.73 Å². The molecular formula is C21H34N4O4. The molecule has 1 atom stereocenters. The summed E-state index contributed by atoms with van der Waals surface area (Å²) in [4.78, 5) is 29.9. The van der Waals surface area contributed by atoms with Gasteiger partial charge in [-0.15, -0.1) is 0 Å². The van der Waals surface area contributed by atoms with Crippen molar-refractivity contribution in [2.45, 2.75) is 84.2 Å². The van der Waals surface area contributed by atoms with Crippen molar-refractivity contribution < 1.29 is 19.2 Å². The van der Waals surface area contributed by atoms with E-state index < -0.39 is 23.5 Å². The van der Waals surface area contributed by atoms with E-state index in [-0.39, 0.29) is 12.3 Å². The molecule has 0 saturated heterocycles. The summed E-state index contributed by atoms with van der Waals surface area (Å²) in [6, 6.07) is 0. The minimum absolute atomic E-state index is 0.0259. The molecule has 1 aliphatic carbocycles. The lowest BCUT2D eigenvalue weighted by molar-refractivity contribution is -0.161. The molecule has 0 spiro atoms. The molecule has 1 fully saturated rings. The van der Waals surface area contributed by atoms with E-state index in [4.69, 9.17) is 15.3 Å². The Morgan fingerprint density at radius 1 is 1.31 bits per heavy atom. The fourth-order valence-electron chi connectivity index (χ4n) is 3.63. The fourth-order valence-corrected chi connectivity index (χ4v) is 3.63. The molecule has 0 radical (unpaired) electrons. The van der Waals surface area contributed by atoms with Crippen molar-refractivity contribution in [3.05, 3.63) is 18.0 Å². The molecule has 0 aromatic carbocycles. The van der Waals surface area contributed by atoms with Gasteiger partial charge in [-0.25, -0.2) is 4.79 Å². The number of nitrogens with one attached hydrogen (secondary N) is 1. The standard InChI is InChI=1S/C21H34N4O4/c1-21(2,3)28-18(26)12-16(11-7-10-15-8-5-4-6-9-15)20(27)29-25-19(22)17-13-23-24-14-17/h13-16H,4-12H2,1-3H3,(H2,22,25)(H,23,24)/t16-/m1/s1. The maximum atomic E-state index is 12.6. The number of oxime groups is 1. The molecule has 8 nitrogen and oxygen atoms in total. The Kier molecular flexibility index (Phi) is 8.67. The second kappa shape index (κ2) is 11.0. The van der Waals surface area contributed by atoms with Gasteiger partial charge in [0.2, 0.25) is 0 Å². The van der Waals surface area contributed by atoms with Crippen molar-refractivity contribution in [1.82, 2.24) is 10.2 Å². The van der Waals surface area contributed by atoms with Crippen LogP contribution in [-0.4, -0.2) is 33.6 Å². The lowest BCUT2D eigenvalue weighted by Crippen LogP contribution is -2.28. The predicted molar refractivity (Wildman–Crippen MR) is 110 cm³/mol. The van der Waals surface area contributed by atoms with Gasteiger partial charge in [-0.2, -0.15) is 5.10 Å². The van der Waals surface area contributed by atoms with Gasteiger partial charge in [0.15, 0.2) is 5.84 Å². The lowest BCUT2D eigenvalue weighted by Gasteiger charge is -2.23. The molecular weight excluding hydrogens is 372 g/mol. The van der Waals surface area contributed by atoms with Gasteiger partial charge in [-0.05, 0) is 33.1 Å². The average Bonchev–Trinajstić information content (AvgIpc) is 3.19. The number of hydrogen-bond donors (Lipinski definition) is 2. The zero-order valence-electron chi connectivity index (χ0n) is 17.8. The lowest BCUT2D eigenvalue weighted by atomic mass is 9.84. The second-order valence-electron chi connectivity index (χ2n) is 8.80. The van der Waals surface area contributed by atoms with E-state index in [1.54, 1.807) is 27.0 Å². The zero-order chi connectivity index (χ0) is 21.3. The summed E-state index contributed by atoms with van der Waals surface area (Å²) >= 11 is 0. The highest BCUT2D eigenvalue weighted by molar-refractivity contribution is 5.97. The highest BCUT2D eigenvalue weighted by Crippen LogP contribution is 2.29. The molecule has 1 aliphatic rings. The van der Waals surface area contributed by atoms with Gasteiger partial charge in [0.05, 0.1) is 24.1 Å². The number of amidine groups is 1. The third-order valence-corrected chi connectivity index (χ3v) is 5.08. The summed E-state index contributed by atoms with van der Waals surface area (Å²) < 4.78 is 5.38. The van der Waals surface area contributed by atoms with Crippen LogP contribution in [0, 0.1) is 11.8 Å². The number of carbonyl (C=O) groups is 2. The van der Waals surface area contributed by atoms with E-state index in [9.17, 15) is 9.59 Å². The zero-order valence-corrected chi connectivity index (χ0v) is 17.8. The number of aromatic amines is 1. The normalized spacial score (nSPS) is 17.0. The van der Waals surface area contributed by atoms with Crippen LogP contribution in [0.3, 0.4) is 0 Å². The van der Waals surface area contributed by atoms with E-state index in [0.717, 1.165) is 18.8 Å². The quantitative estimate of drug-likeness (QED) is 0.212. The maximum absolute atomic E-state index is 12.6. The summed E-state index contributed by atoms with van der Waals surface area (Å²) in [6.07, 6.45) is 11.9. The summed E-state index contributed by atoms with van der Waals surface area (Å²) in [7, 11) is 0. The topological polar surface area (TPSA) is 120 Å². The van der Waals surface area contributed by atoms with Gasteiger partial charge in [-0.1, -0.05) is 50.1 Å².